The van der Waals surface area contributed by atoms with Crippen LogP contribution in [0.15, 0.2) is 53.7 Å². The van der Waals surface area contributed by atoms with Gasteiger partial charge in [0, 0.05) is 26.2 Å². The second-order valence-electron chi connectivity index (χ2n) is 8.39. The Bertz CT molecular complexity index is 1030. The van der Waals surface area contributed by atoms with Crippen molar-refractivity contribution < 1.29 is 9.53 Å². The van der Waals surface area contributed by atoms with Crippen LogP contribution in [-0.4, -0.2) is 63.1 Å². The Hall–Kier alpha value is -2.75. The molecule has 9 heteroatoms. The zero-order valence-electron chi connectivity index (χ0n) is 19.1. The lowest BCUT2D eigenvalue weighted by molar-refractivity contribution is -0.118. The molecule has 4 rings (SSSR count). The average molecular weight is 467 g/mol. The van der Waals surface area contributed by atoms with Crippen LogP contribution in [0.3, 0.4) is 0 Å². The molecule has 0 saturated carbocycles. The smallest absolute Gasteiger partial charge is 0.230 e. The predicted octanol–water partition coefficient (Wildman–Crippen LogP) is 3.03. The third kappa shape index (κ3) is 6.63. The van der Waals surface area contributed by atoms with Gasteiger partial charge in [-0.25, -0.2) is 0 Å². The SMILES string of the molecule is CC(C)c1ccc(-n2nnnc2SCC(=O)NCc2ccc(CN3CCOCC3)cc2)cc1. The second kappa shape index (κ2) is 11.4. The molecule has 0 aliphatic carbocycles. The molecule has 2 aromatic carbocycles. The van der Waals surface area contributed by atoms with E-state index in [0.29, 0.717) is 17.6 Å². The quantitative estimate of drug-likeness (QED) is 0.485. The molecule has 1 aliphatic rings. The molecule has 0 atom stereocenters. The predicted molar refractivity (Wildman–Crippen MR) is 128 cm³/mol. The normalized spacial score (nSPS) is 14.5. The van der Waals surface area contributed by atoms with E-state index in [1.54, 1.807) is 4.68 Å². The fourth-order valence-electron chi connectivity index (χ4n) is 3.59. The summed E-state index contributed by atoms with van der Waals surface area (Å²) in [6.45, 7) is 9.31. The first-order chi connectivity index (χ1) is 16.1. The summed E-state index contributed by atoms with van der Waals surface area (Å²) < 4.78 is 7.06. The number of amides is 1. The Labute approximate surface area is 198 Å². The van der Waals surface area contributed by atoms with Crippen molar-refractivity contribution in [2.24, 2.45) is 0 Å². The van der Waals surface area contributed by atoms with Crippen LogP contribution >= 0.6 is 11.8 Å². The number of nitrogens with one attached hydrogen (secondary N) is 1. The highest BCUT2D eigenvalue weighted by atomic mass is 32.2. The second-order valence-corrected chi connectivity index (χ2v) is 9.33. The van der Waals surface area contributed by atoms with Gasteiger partial charge in [-0.2, -0.15) is 4.68 Å². The summed E-state index contributed by atoms with van der Waals surface area (Å²) in [5.41, 5.74) is 4.49. The van der Waals surface area contributed by atoms with Gasteiger partial charge in [-0.15, -0.1) is 5.10 Å². The fourth-order valence-corrected chi connectivity index (χ4v) is 4.31. The van der Waals surface area contributed by atoms with Crippen LogP contribution in [-0.2, 0) is 22.6 Å². The molecule has 0 unspecified atom stereocenters. The van der Waals surface area contributed by atoms with Crippen molar-refractivity contribution in [3.8, 4) is 5.69 Å². The molecule has 1 aromatic heterocycles. The van der Waals surface area contributed by atoms with Gasteiger partial charge in [-0.3, -0.25) is 9.69 Å². The zero-order valence-corrected chi connectivity index (χ0v) is 19.9. The topological polar surface area (TPSA) is 85.2 Å². The molecule has 8 nitrogen and oxygen atoms in total. The van der Waals surface area contributed by atoms with Crippen molar-refractivity contribution in [3.63, 3.8) is 0 Å². The first-order valence-electron chi connectivity index (χ1n) is 11.2. The van der Waals surface area contributed by atoms with Gasteiger partial charge in [-0.1, -0.05) is 62.0 Å². The van der Waals surface area contributed by atoms with Crippen LogP contribution in [0.25, 0.3) is 5.69 Å². The van der Waals surface area contributed by atoms with E-state index in [2.05, 4.69) is 76.0 Å². The van der Waals surface area contributed by atoms with Gasteiger partial charge in [0.05, 0.1) is 24.7 Å². The van der Waals surface area contributed by atoms with Gasteiger partial charge in [0.1, 0.15) is 0 Å². The monoisotopic (exact) mass is 466 g/mol. The minimum absolute atomic E-state index is 0.0536. The van der Waals surface area contributed by atoms with Crippen LogP contribution in [0.2, 0.25) is 0 Å². The maximum Gasteiger partial charge on any atom is 0.230 e. The van der Waals surface area contributed by atoms with Gasteiger partial charge in [-0.05, 0) is 45.2 Å². The van der Waals surface area contributed by atoms with Gasteiger partial charge >= 0.3 is 0 Å². The summed E-state index contributed by atoms with van der Waals surface area (Å²) >= 11 is 1.32. The van der Waals surface area contributed by atoms with Crippen molar-refractivity contribution in [3.05, 3.63) is 65.2 Å². The van der Waals surface area contributed by atoms with E-state index in [0.717, 1.165) is 44.1 Å². The number of carbonyl (C=O) groups is 1. The fraction of sp³-hybridized carbons (Fsp3) is 0.417. The van der Waals surface area contributed by atoms with Crippen LogP contribution in [0.1, 0.15) is 36.5 Å². The molecule has 0 spiro atoms. The Balaban J connectivity index is 1.24. The van der Waals surface area contributed by atoms with E-state index in [9.17, 15) is 4.79 Å². The van der Waals surface area contributed by atoms with Crippen LogP contribution < -0.4 is 5.32 Å². The standard InChI is InChI=1S/C24H30N6O2S/c1-18(2)21-7-9-22(10-8-21)30-24(26-27-28-30)33-17-23(31)25-15-19-3-5-20(6-4-19)16-29-11-13-32-14-12-29/h3-10,18H,11-17H2,1-2H3,(H,25,31). The third-order valence-electron chi connectivity index (χ3n) is 5.60. The van der Waals surface area contributed by atoms with Crippen LogP contribution in [0, 0.1) is 0 Å². The van der Waals surface area contributed by atoms with Gasteiger partial charge in [0.15, 0.2) is 0 Å². The molecular formula is C24H30N6O2S. The van der Waals surface area contributed by atoms with E-state index in [4.69, 9.17) is 4.74 Å². The number of thioether (sulfide) groups is 1. The number of benzene rings is 2. The number of hydrogen-bond donors (Lipinski definition) is 1. The molecule has 2 heterocycles. The minimum Gasteiger partial charge on any atom is -0.379 e. The minimum atomic E-state index is -0.0536. The van der Waals surface area contributed by atoms with E-state index >= 15 is 0 Å². The number of rotatable bonds is 9. The van der Waals surface area contributed by atoms with E-state index < -0.39 is 0 Å². The van der Waals surface area contributed by atoms with Gasteiger partial charge in [0.25, 0.3) is 0 Å². The lowest BCUT2D eigenvalue weighted by Gasteiger charge is -2.26. The number of tetrazole rings is 1. The molecule has 3 aromatic rings. The Morgan fingerprint density at radius 1 is 1.06 bits per heavy atom. The Morgan fingerprint density at radius 2 is 1.76 bits per heavy atom. The molecule has 1 amide bonds. The third-order valence-corrected chi connectivity index (χ3v) is 6.52. The lowest BCUT2D eigenvalue weighted by atomic mass is 10.0. The van der Waals surface area contributed by atoms with Crippen molar-refractivity contribution in [2.45, 2.75) is 38.0 Å². The maximum atomic E-state index is 12.4. The number of aromatic nitrogens is 4. The van der Waals surface area contributed by atoms with Crippen molar-refractivity contribution in [1.29, 1.82) is 0 Å². The number of hydrogen-bond acceptors (Lipinski definition) is 7. The maximum absolute atomic E-state index is 12.4. The Kier molecular flexibility index (Phi) is 8.09. The van der Waals surface area contributed by atoms with E-state index in [1.807, 2.05) is 12.1 Å². The number of morpholine rings is 1. The molecule has 1 N–H and O–H groups in total. The number of nitrogens with zero attached hydrogens (tertiary/aromatic N) is 5. The molecule has 1 fully saturated rings. The number of ether oxygens (including phenoxy) is 1. The van der Waals surface area contributed by atoms with Crippen LogP contribution in [0.5, 0.6) is 0 Å². The first-order valence-corrected chi connectivity index (χ1v) is 12.2. The first kappa shape index (κ1) is 23.4. The molecule has 33 heavy (non-hydrogen) atoms. The van der Waals surface area contributed by atoms with E-state index in [1.165, 1.54) is 22.9 Å². The average Bonchev–Trinajstić information content (AvgIpc) is 3.32. The van der Waals surface area contributed by atoms with Crippen molar-refractivity contribution >= 4 is 17.7 Å². The van der Waals surface area contributed by atoms with Crippen molar-refractivity contribution in [1.82, 2.24) is 30.4 Å². The highest BCUT2D eigenvalue weighted by Crippen LogP contribution is 2.20. The number of carbonyl (C=O) groups excluding carboxylic acids is 1. The summed E-state index contributed by atoms with van der Waals surface area (Å²) in [5, 5.41) is 15.5. The molecule has 0 radical (unpaired) electrons. The summed E-state index contributed by atoms with van der Waals surface area (Å²) in [6.07, 6.45) is 0. The highest BCUT2D eigenvalue weighted by Gasteiger charge is 2.13. The van der Waals surface area contributed by atoms with Gasteiger partial charge < -0.3 is 10.1 Å². The molecule has 174 valence electrons. The van der Waals surface area contributed by atoms with E-state index in [-0.39, 0.29) is 11.7 Å². The molecule has 1 aliphatic heterocycles. The molecule has 1 saturated heterocycles. The van der Waals surface area contributed by atoms with Crippen LogP contribution in [0.4, 0.5) is 0 Å². The summed E-state index contributed by atoms with van der Waals surface area (Å²) in [4.78, 5) is 14.8. The summed E-state index contributed by atoms with van der Waals surface area (Å²) in [7, 11) is 0. The Morgan fingerprint density at radius 3 is 2.45 bits per heavy atom. The largest absolute Gasteiger partial charge is 0.379 e. The highest BCUT2D eigenvalue weighted by molar-refractivity contribution is 7.99. The molecule has 0 bridgehead atoms. The van der Waals surface area contributed by atoms with Gasteiger partial charge in [0.2, 0.25) is 11.1 Å². The summed E-state index contributed by atoms with van der Waals surface area (Å²) in [6, 6.07) is 16.6. The lowest BCUT2D eigenvalue weighted by Crippen LogP contribution is -2.35. The van der Waals surface area contributed by atoms with Crippen molar-refractivity contribution in [2.75, 3.05) is 32.1 Å². The molecular weight excluding hydrogens is 436 g/mol. The summed E-state index contributed by atoms with van der Waals surface area (Å²) in [5.74, 6) is 0.660. The zero-order chi connectivity index (χ0) is 23.0.